The number of aryl methyl sites for hydroxylation is 1. The Morgan fingerprint density at radius 3 is 2.67 bits per heavy atom. The molecule has 2 aromatic rings. The van der Waals surface area contributed by atoms with E-state index in [1.165, 1.54) is 6.92 Å². The largest absolute Gasteiger partial charge is 0.293 e. The summed E-state index contributed by atoms with van der Waals surface area (Å²) in [6, 6.07) is 7.42. The Kier molecular flexibility index (Phi) is 2.94. The van der Waals surface area contributed by atoms with Crippen molar-refractivity contribution in [2.24, 2.45) is 0 Å². The van der Waals surface area contributed by atoms with Gasteiger partial charge < -0.3 is 0 Å². The average molecular weight is 240 g/mol. The first-order chi connectivity index (χ1) is 8.54. The zero-order valence-electron chi connectivity index (χ0n) is 10.4. The lowest BCUT2D eigenvalue weighted by Gasteiger charge is -2.07. The van der Waals surface area contributed by atoms with Gasteiger partial charge in [0.05, 0.1) is 23.0 Å². The van der Waals surface area contributed by atoms with Crippen molar-refractivity contribution in [3.8, 4) is 11.8 Å². The van der Waals surface area contributed by atoms with E-state index in [1.807, 2.05) is 13.0 Å². The van der Waals surface area contributed by atoms with Gasteiger partial charge in [-0.15, -0.1) is 5.10 Å². The van der Waals surface area contributed by atoms with Gasteiger partial charge in [0.1, 0.15) is 0 Å². The van der Waals surface area contributed by atoms with Crippen LogP contribution in [0.2, 0.25) is 0 Å². The summed E-state index contributed by atoms with van der Waals surface area (Å²) in [7, 11) is 0. The molecular formula is C13H12N4O. The van der Waals surface area contributed by atoms with Gasteiger partial charge in [-0.2, -0.15) is 5.26 Å². The fourth-order valence-electron chi connectivity index (χ4n) is 1.79. The van der Waals surface area contributed by atoms with Gasteiger partial charge in [0.15, 0.2) is 11.5 Å². The Labute approximate surface area is 105 Å². The van der Waals surface area contributed by atoms with Crippen LogP contribution in [0.3, 0.4) is 0 Å². The Hall–Kier alpha value is -2.48. The van der Waals surface area contributed by atoms with Crippen molar-refractivity contribution in [1.82, 2.24) is 15.0 Å². The van der Waals surface area contributed by atoms with E-state index < -0.39 is 0 Å². The summed E-state index contributed by atoms with van der Waals surface area (Å²) >= 11 is 0. The molecule has 0 N–H and O–H groups in total. The molecule has 0 saturated heterocycles. The third-order valence-electron chi connectivity index (χ3n) is 2.79. The van der Waals surface area contributed by atoms with Crippen molar-refractivity contribution in [1.29, 1.82) is 5.26 Å². The zero-order valence-corrected chi connectivity index (χ0v) is 10.4. The summed E-state index contributed by atoms with van der Waals surface area (Å²) in [5.74, 6) is -0.118. The number of hydrogen-bond acceptors (Lipinski definition) is 4. The molecule has 0 aliphatic carbocycles. The van der Waals surface area contributed by atoms with E-state index in [1.54, 1.807) is 23.7 Å². The lowest BCUT2D eigenvalue weighted by atomic mass is 10.1. The minimum Gasteiger partial charge on any atom is -0.293 e. The highest BCUT2D eigenvalue weighted by molar-refractivity contribution is 5.93. The lowest BCUT2D eigenvalue weighted by molar-refractivity contribution is 0.101. The van der Waals surface area contributed by atoms with Gasteiger partial charge in [0.2, 0.25) is 0 Å². The van der Waals surface area contributed by atoms with Crippen LogP contribution < -0.4 is 0 Å². The standard InChI is InChI=1S/C13H12N4O/c1-8-4-5-11(7-14)6-12(8)17-9(2)13(10(3)18)15-16-17/h4-6H,1-3H3. The number of nitrogens with zero attached hydrogens (tertiary/aromatic N) is 4. The summed E-state index contributed by atoms with van der Waals surface area (Å²) in [5, 5.41) is 16.8. The van der Waals surface area contributed by atoms with Crippen molar-refractivity contribution in [2.75, 3.05) is 0 Å². The van der Waals surface area contributed by atoms with Crippen LogP contribution in [0, 0.1) is 25.2 Å². The molecule has 2 rings (SSSR count). The SMILES string of the molecule is CC(=O)c1nnn(-c2cc(C#N)ccc2C)c1C. The topological polar surface area (TPSA) is 71.6 Å². The van der Waals surface area contributed by atoms with Crippen LogP contribution in [0.15, 0.2) is 18.2 Å². The summed E-state index contributed by atoms with van der Waals surface area (Å²) < 4.78 is 1.59. The normalized spacial score (nSPS) is 10.1. The quantitative estimate of drug-likeness (QED) is 0.752. The van der Waals surface area contributed by atoms with Crippen LogP contribution in [0.1, 0.15) is 34.2 Å². The third-order valence-corrected chi connectivity index (χ3v) is 2.79. The number of nitriles is 1. The number of aromatic nitrogens is 3. The number of carbonyl (C=O) groups is 1. The van der Waals surface area contributed by atoms with Crippen LogP contribution in [-0.4, -0.2) is 20.8 Å². The molecule has 1 aromatic heterocycles. The van der Waals surface area contributed by atoms with Gasteiger partial charge >= 0.3 is 0 Å². The van der Waals surface area contributed by atoms with Gasteiger partial charge in [0, 0.05) is 6.92 Å². The zero-order chi connectivity index (χ0) is 13.3. The molecule has 0 spiro atoms. The minimum atomic E-state index is -0.118. The number of rotatable bonds is 2. The van der Waals surface area contributed by atoms with Gasteiger partial charge in [0.25, 0.3) is 0 Å². The predicted octanol–water partition coefficient (Wildman–Crippen LogP) is 1.96. The summed E-state index contributed by atoms with van der Waals surface area (Å²) in [4.78, 5) is 11.4. The van der Waals surface area contributed by atoms with Gasteiger partial charge in [-0.3, -0.25) is 4.79 Å². The molecule has 0 fully saturated rings. The summed E-state index contributed by atoms with van der Waals surface area (Å²) in [6.07, 6.45) is 0. The van der Waals surface area contributed by atoms with Crippen molar-refractivity contribution < 1.29 is 4.79 Å². The van der Waals surface area contributed by atoms with Gasteiger partial charge in [-0.05, 0) is 31.5 Å². The molecule has 0 radical (unpaired) electrons. The Balaban J connectivity index is 2.63. The number of benzene rings is 1. The molecule has 0 saturated carbocycles. The highest BCUT2D eigenvalue weighted by atomic mass is 16.1. The van der Waals surface area contributed by atoms with Crippen molar-refractivity contribution in [3.63, 3.8) is 0 Å². The van der Waals surface area contributed by atoms with Crippen molar-refractivity contribution >= 4 is 5.78 Å². The van der Waals surface area contributed by atoms with E-state index in [4.69, 9.17) is 5.26 Å². The maximum Gasteiger partial charge on any atom is 0.181 e. The van der Waals surface area contributed by atoms with E-state index in [0.717, 1.165) is 11.3 Å². The highest BCUT2D eigenvalue weighted by Crippen LogP contribution is 2.18. The predicted molar refractivity (Wildman–Crippen MR) is 65.6 cm³/mol. The van der Waals surface area contributed by atoms with E-state index in [2.05, 4.69) is 16.4 Å². The molecular weight excluding hydrogens is 228 g/mol. The van der Waals surface area contributed by atoms with Gasteiger partial charge in [-0.1, -0.05) is 11.3 Å². The molecule has 0 aliphatic heterocycles. The van der Waals surface area contributed by atoms with Crippen LogP contribution in [-0.2, 0) is 0 Å². The molecule has 18 heavy (non-hydrogen) atoms. The smallest absolute Gasteiger partial charge is 0.181 e. The average Bonchev–Trinajstić information content (AvgIpc) is 2.72. The van der Waals surface area contributed by atoms with Crippen LogP contribution in [0.5, 0.6) is 0 Å². The molecule has 0 aliphatic rings. The minimum absolute atomic E-state index is 0.118. The molecule has 0 unspecified atom stereocenters. The second-order valence-corrected chi connectivity index (χ2v) is 4.10. The fraction of sp³-hybridized carbons (Fsp3) is 0.231. The molecule has 1 aromatic carbocycles. The molecule has 5 heteroatoms. The first-order valence-corrected chi connectivity index (χ1v) is 5.49. The molecule has 0 amide bonds. The van der Waals surface area contributed by atoms with E-state index >= 15 is 0 Å². The molecule has 90 valence electrons. The van der Waals surface area contributed by atoms with E-state index in [0.29, 0.717) is 17.0 Å². The van der Waals surface area contributed by atoms with Crippen LogP contribution in [0.4, 0.5) is 0 Å². The number of ketones is 1. The maximum absolute atomic E-state index is 11.4. The number of Topliss-reactive ketones (excluding diaryl/α,β-unsaturated/α-hetero) is 1. The van der Waals surface area contributed by atoms with Crippen molar-refractivity contribution in [2.45, 2.75) is 20.8 Å². The maximum atomic E-state index is 11.4. The highest BCUT2D eigenvalue weighted by Gasteiger charge is 2.15. The summed E-state index contributed by atoms with van der Waals surface area (Å²) in [5.41, 5.74) is 3.33. The Morgan fingerprint density at radius 1 is 1.39 bits per heavy atom. The van der Waals surface area contributed by atoms with Gasteiger partial charge in [-0.25, -0.2) is 4.68 Å². The molecule has 5 nitrogen and oxygen atoms in total. The molecule has 0 bridgehead atoms. The number of hydrogen-bond donors (Lipinski definition) is 0. The fourth-order valence-corrected chi connectivity index (χ4v) is 1.79. The lowest BCUT2D eigenvalue weighted by Crippen LogP contribution is -2.03. The summed E-state index contributed by atoms with van der Waals surface area (Å²) in [6.45, 7) is 5.17. The van der Waals surface area contributed by atoms with Crippen LogP contribution in [0.25, 0.3) is 5.69 Å². The third kappa shape index (κ3) is 1.89. The number of carbonyl (C=O) groups excluding carboxylic acids is 1. The Bertz CT molecular complexity index is 664. The molecule has 0 atom stereocenters. The Morgan fingerprint density at radius 2 is 2.11 bits per heavy atom. The second-order valence-electron chi connectivity index (χ2n) is 4.10. The van der Waals surface area contributed by atoms with Crippen LogP contribution >= 0.6 is 0 Å². The molecule has 1 heterocycles. The first-order valence-electron chi connectivity index (χ1n) is 5.49. The monoisotopic (exact) mass is 240 g/mol. The first kappa shape index (κ1) is 12.0. The van der Waals surface area contributed by atoms with E-state index in [-0.39, 0.29) is 5.78 Å². The second kappa shape index (κ2) is 4.41. The van der Waals surface area contributed by atoms with E-state index in [9.17, 15) is 4.79 Å². The van der Waals surface area contributed by atoms with Crippen molar-refractivity contribution in [3.05, 3.63) is 40.7 Å².